The summed E-state index contributed by atoms with van der Waals surface area (Å²) in [5.41, 5.74) is 0.992. The van der Waals surface area contributed by atoms with Crippen molar-refractivity contribution >= 4 is 23.2 Å². The minimum absolute atomic E-state index is 0.00990. The van der Waals surface area contributed by atoms with Crippen LogP contribution in [0.25, 0.3) is 0 Å². The van der Waals surface area contributed by atoms with Crippen molar-refractivity contribution in [2.24, 2.45) is 0 Å². The second-order valence-electron chi connectivity index (χ2n) is 6.24. The van der Waals surface area contributed by atoms with Crippen LogP contribution in [-0.2, 0) is 4.79 Å². The van der Waals surface area contributed by atoms with Gasteiger partial charge >= 0.3 is 0 Å². The highest BCUT2D eigenvalue weighted by atomic mass is 35.5. The average Bonchev–Trinajstić information content (AvgIpc) is 2.68. The summed E-state index contributed by atoms with van der Waals surface area (Å²) in [4.78, 5) is 14.2. The van der Waals surface area contributed by atoms with Gasteiger partial charge in [-0.3, -0.25) is 4.79 Å². The molecule has 0 spiro atoms. The molecule has 26 heavy (non-hydrogen) atoms. The number of amides is 1. The molecule has 0 atom stereocenters. The van der Waals surface area contributed by atoms with Gasteiger partial charge in [0.25, 0.3) is 5.91 Å². The molecule has 0 aromatic heterocycles. The van der Waals surface area contributed by atoms with Gasteiger partial charge in [-0.25, -0.2) is 0 Å². The predicted octanol–water partition coefficient (Wildman–Crippen LogP) is 3.83. The predicted molar refractivity (Wildman–Crippen MR) is 103 cm³/mol. The third kappa shape index (κ3) is 4.82. The molecule has 138 valence electrons. The molecule has 0 radical (unpaired) electrons. The Bertz CT molecular complexity index is 728. The first-order chi connectivity index (χ1) is 12.7. The number of likely N-dealkylation sites (tertiary alicyclic amines) is 1. The van der Waals surface area contributed by atoms with Crippen molar-refractivity contribution in [1.29, 1.82) is 0 Å². The quantitative estimate of drug-likeness (QED) is 0.834. The molecule has 5 nitrogen and oxygen atoms in total. The Morgan fingerprint density at radius 3 is 2.54 bits per heavy atom. The Balaban J connectivity index is 1.45. The van der Waals surface area contributed by atoms with Gasteiger partial charge < -0.3 is 19.7 Å². The lowest BCUT2D eigenvalue weighted by Gasteiger charge is -2.33. The molecule has 1 aliphatic rings. The first-order valence-electron chi connectivity index (χ1n) is 8.71. The fraction of sp³-hybridized carbons (Fsp3) is 0.350. The van der Waals surface area contributed by atoms with Gasteiger partial charge in [-0.15, -0.1) is 0 Å². The Kier molecular flexibility index (Phi) is 6.23. The van der Waals surface area contributed by atoms with E-state index in [9.17, 15) is 4.79 Å². The minimum Gasteiger partial charge on any atom is -0.495 e. The molecule has 1 fully saturated rings. The number of carbonyl (C=O) groups is 1. The van der Waals surface area contributed by atoms with E-state index in [1.165, 1.54) is 0 Å². The van der Waals surface area contributed by atoms with Crippen molar-refractivity contribution in [2.45, 2.75) is 18.9 Å². The van der Waals surface area contributed by atoms with E-state index in [1.54, 1.807) is 31.4 Å². The summed E-state index contributed by atoms with van der Waals surface area (Å²) in [7, 11) is 1.67. The normalized spacial score (nSPS) is 14.8. The molecule has 1 aliphatic heterocycles. The average molecular weight is 375 g/mol. The molecule has 0 unspecified atom stereocenters. The molecule has 2 aromatic rings. The Hall–Kier alpha value is -2.40. The molecule has 6 heteroatoms. The molecule has 0 saturated carbocycles. The lowest BCUT2D eigenvalue weighted by molar-refractivity contribution is -0.134. The maximum atomic E-state index is 12.3. The molecule has 1 amide bonds. The van der Waals surface area contributed by atoms with E-state index in [4.69, 9.17) is 21.1 Å². The van der Waals surface area contributed by atoms with E-state index in [0.29, 0.717) is 16.8 Å². The van der Waals surface area contributed by atoms with Crippen molar-refractivity contribution in [3.8, 4) is 11.5 Å². The number of benzene rings is 2. The van der Waals surface area contributed by atoms with E-state index < -0.39 is 0 Å². The highest BCUT2D eigenvalue weighted by molar-refractivity contribution is 6.30. The highest BCUT2D eigenvalue weighted by Crippen LogP contribution is 2.26. The molecule has 2 aromatic carbocycles. The van der Waals surface area contributed by atoms with Crippen LogP contribution in [0.15, 0.2) is 48.5 Å². The van der Waals surface area contributed by atoms with Crippen LogP contribution in [0.1, 0.15) is 12.8 Å². The smallest absolute Gasteiger partial charge is 0.260 e. The second-order valence-corrected chi connectivity index (χ2v) is 6.68. The van der Waals surface area contributed by atoms with Crippen molar-refractivity contribution in [1.82, 2.24) is 4.90 Å². The molecule has 0 aliphatic carbocycles. The van der Waals surface area contributed by atoms with Crippen LogP contribution in [0.5, 0.6) is 11.5 Å². The molecular weight excluding hydrogens is 352 g/mol. The minimum atomic E-state index is 0.00990. The zero-order chi connectivity index (χ0) is 18.4. The van der Waals surface area contributed by atoms with Crippen LogP contribution in [0.2, 0.25) is 5.02 Å². The number of hydrogen-bond acceptors (Lipinski definition) is 4. The number of rotatable bonds is 6. The summed E-state index contributed by atoms with van der Waals surface area (Å²) in [5, 5.41) is 4.16. The number of nitrogens with zero attached hydrogens (tertiary/aromatic N) is 1. The third-order valence-electron chi connectivity index (χ3n) is 4.49. The summed E-state index contributed by atoms with van der Waals surface area (Å²) in [6.07, 6.45) is 1.79. The number of halogens is 1. The van der Waals surface area contributed by atoms with Gasteiger partial charge in [-0.2, -0.15) is 0 Å². The van der Waals surface area contributed by atoms with E-state index in [2.05, 4.69) is 5.32 Å². The van der Waals surface area contributed by atoms with Crippen LogP contribution in [0, 0.1) is 0 Å². The van der Waals surface area contributed by atoms with Crippen LogP contribution in [0.4, 0.5) is 5.69 Å². The number of ether oxygens (including phenoxy) is 2. The fourth-order valence-corrected chi connectivity index (χ4v) is 3.15. The van der Waals surface area contributed by atoms with E-state index in [1.807, 2.05) is 29.2 Å². The lowest BCUT2D eigenvalue weighted by atomic mass is 10.0. The largest absolute Gasteiger partial charge is 0.495 e. The van der Waals surface area contributed by atoms with Crippen molar-refractivity contribution in [3.05, 3.63) is 53.6 Å². The van der Waals surface area contributed by atoms with E-state index >= 15 is 0 Å². The summed E-state index contributed by atoms with van der Waals surface area (Å²) in [6.45, 7) is 1.48. The SMILES string of the molecule is COc1ccccc1NC1CCN(C(=O)COc2ccc(Cl)cc2)CC1. The molecule has 1 heterocycles. The number of para-hydroxylation sites is 2. The standard InChI is InChI=1S/C20H23ClN2O3/c1-25-19-5-3-2-4-18(19)22-16-10-12-23(13-11-16)20(24)14-26-17-8-6-15(21)7-9-17/h2-9,16,22H,10-14H2,1H3. The molecule has 0 bridgehead atoms. The first kappa shape index (κ1) is 18.4. The maximum absolute atomic E-state index is 12.3. The van der Waals surface area contributed by atoms with E-state index in [-0.39, 0.29) is 12.5 Å². The highest BCUT2D eigenvalue weighted by Gasteiger charge is 2.23. The number of anilines is 1. The Morgan fingerprint density at radius 1 is 1.15 bits per heavy atom. The zero-order valence-electron chi connectivity index (χ0n) is 14.8. The van der Waals surface area contributed by atoms with Gasteiger partial charge in [0.2, 0.25) is 0 Å². The third-order valence-corrected chi connectivity index (χ3v) is 4.74. The van der Waals surface area contributed by atoms with Gasteiger partial charge in [-0.05, 0) is 49.2 Å². The first-order valence-corrected chi connectivity index (χ1v) is 9.09. The topological polar surface area (TPSA) is 50.8 Å². The molecule has 1 N–H and O–H groups in total. The van der Waals surface area contributed by atoms with Crippen LogP contribution in [-0.4, -0.2) is 43.7 Å². The van der Waals surface area contributed by atoms with Crippen molar-refractivity contribution in [2.75, 3.05) is 32.1 Å². The van der Waals surface area contributed by atoms with Gasteiger partial charge in [0.15, 0.2) is 6.61 Å². The summed E-state index contributed by atoms with van der Waals surface area (Å²) < 4.78 is 10.9. The number of carbonyl (C=O) groups excluding carboxylic acids is 1. The number of hydrogen-bond donors (Lipinski definition) is 1. The van der Waals surface area contributed by atoms with Gasteiger partial charge in [-0.1, -0.05) is 23.7 Å². The molecular formula is C20H23ClN2O3. The van der Waals surface area contributed by atoms with Crippen molar-refractivity contribution < 1.29 is 14.3 Å². The van der Waals surface area contributed by atoms with E-state index in [0.717, 1.165) is 37.4 Å². The fourth-order valence-electron chi connectivity index (χ4n) is 3.02. The van der Waals surface area contributed by atoms with Crippen molar-refractivity contribution in [3.63, 3.8) is 0 Å². The van der Waals surface area contributed by atoms with Gasteiger partial charge in [0.05, 0.1) is 12.8 Å². The number of methoxy groups -OCH3 is 1. The molecule has 3 rings (SSSR count). The Morgan fingerprint density at radius 2 is 1.85 bits per heavy atom. The van der Waals surface area contributed by atoms with Crippen LogP contribution >= 0.6 is 11.6 Å². The second kappa shape index (κ2) is 8.81. The van der Waals surface area contributed by atoms with Gasteiger partial charge in [0, 0.05) is 24.2 Å². The van der Waals surface area contributed by atoms with Crippen LogP contribution < -0.4 is 14.8 Å². The Labute approximate surface area is 158 Å². The monoisotopic (exact) mass is 374 g/mol. The number of nitrogens with one attached hydrogen (secondary N) is 1. The summed E-state index contributed by atoms with van der Waals surface area (Å²) >= 11 is 5.84. The van der Waals surface area contributed by atoms with Crippen LogP contribution in [0.3, 0.4) is 0 Å². The zero-order valence-corrected chi connectivity index (χ0v) is 15.5. The summed E-state index contributed by atoms with van der Waals surface area (Å²) in [6, 6.07) is 15.2. The molecule has 1 saturated heterocycles. The van der Waals surface area contributed by atoms with Gasteiger partial charge in [0.1, 0.15) is 11.5 Å². The number of piperidine rings is 1. The lowest BCUT2D eigenvalue weighted by Crippen LogP contribution is -2.44. The maximum Gasteiger partial charge on any atom is 0.260 e. The summed E-state index contributed by atoms with van der Waals surface area (Å²) in [5.74, 6) is 1.49.